The molecule has 1 aromatic carbocycles. The Bertz CT molecular complexity index is 546. The molecule has 6 heteroatoms. The fourth-order valence-electron chi connectivity index (χ4n) is 1.35. The van der Waals surface area contributed by atoms with Gasteiger partial charge in [-0.05, 0) is 25.1 Å². The Kier molecular flexibility index (Phi) is 5.93. The molecule has 0 fully saturated rings. The number of halogens is 2. The Morgan fingerprint density at radius 1 is 1.40 bits per heavy atom. The van der Waals surface area contributed by atoms with E-state index in [9.17, 15) is 14.0 Å². The van der Waals surface area contributed by atoms with E-state index in [0.717, 1.165) is 24.5 Å². The summed E-state index contributed by atoms with van der Waals surface area (Å²) in [5, 5.41) is 0.127. The lowest BCUT2D eigenvalue weighted by atomic mass is 10.1. The number of hydrogen-bond donors (Lipinski definition) is 0. The molecule has 0 radical (unpaired) electrons. The van der Waals surface area contributed by atoms with E-state index >= 15 is 0 Å². The summed E-state index contributed by atoms with van der Waals surface area (Å²) in [6.45, 7) is 4.99. The van der Waals surface area contributed by atoms with Crippen LogP contribution < -0.4 is 0 Å². The van der Waals surface area contributed by atoms with Crippen molar-refractivity contribution in [3.8, 4) is 0 Å². The van der Waals surface area contributed by atoms with E-state index in [1.54, 1.807) is 6.92 Å². The third kappa shape index (κ3) is 4.51. The molecule has 0 spiro atoms. The first-order valence-electron chi connectivity index (χ1n) is 5.64. The molecule has 20 heavy (non-hydrogen) atoms. The van der Waals surface area contributed by atoms with Gasteiger partial charge < -0.3 is 9.47 Å². The summed E-state index contributed by atoms with van der Waals surface area (Å²) >= 11 is 5.72. The van der Waals surface area contributed by atoms with Gasteiger partial charge in [-0.1, -0.05) is 18.2 Å². The van der Waals surface area contributed by atoms with Crippen molar-refractivity contribution >= 4 is 29.1 Å². The van der Waals surface area contributed by atoms with E-state index in [4.69, 9.17) is 16.3 Å². The summed E-state index contributed by atoms with van der Waals surface area (Å²) in [4.78, 5) is 22.8. The van der Waals surface area contributed by atoms with Crippen LogP contribution in [0.1, 0.15) is 12.5 Å². The Morgan fingerprint density at radius 2 is 2.10 bits per heavy atom. The minimum atomic E-state index is -1.03. The maximum Gasteiger partial charge on any atom is 0.379 e. The first kappa shape index (κ1) is 15.9. The summed E-state index contributed by atoms with van der Waals surface area (Å²) in [6.07, 6.45) is 1.94. The third-order valence-electron chi connectivity index (χ3n) is 2.10. The van der Waals surface area contributed by atoms with Crippen LogP contribution in [-0.4, -0.2) is 18.4 Å². The Balaban J connectivity index is 3.13. The largest absolute Gasteiger partial charge is 0.465 e. The molecule has 0 amide bonds. The highest BCUT2D eigenvalue weighted by molar-refractivity contribution is 6.39. The van der Waals surface area contributed by atoms with Crippen molar-refractivity contribution in [3.05, 3.63) is 53.5 Å². The number of benzene rings is 1. The topological polar surface area (TPSA) is 52.6 Å². The fraction of sp³-hybridized carbons (Fsp3) is 0.143. The highest BCUT2D eigenvalue weighted by Crippen LogP contribution is 2.22. The predicted octanol–water partition coefficient (Wildman–Crippen LogP) is 3.11. The van der Waals surface area contributed by atoms with Crippen LogP contribution in [0.25, 0.3) is 5.76 Å². The van der Waals surface area contributed by atoms with E-state index in [2.05, 4.69) is 11.3 Å². The minimum absolute atomic E-state index is 0.0561. The molecule has 0 bridgehead atoms. The quantitative estimate of drug-likeness (QED) is 0.350. The molecule has 4 nitrogen and oxygen atoms in total. The van der Waals surface area contributed by atoms with E-state index < -0.39 is 17.6 Å². The second-order valence-electron chi connectivity index (χ2n) is 3.54. The van der Waals surface area contributed by atoms with Gasteiger partial charge in [0.05, 0.1) is 12.9 Å². The zero-order valence-corrected chi connectivity index (χ0v) is 11.4. The number of hydrogen-bond acceptors (Lipinski definition) is 4. The zero-order chi connectivity index (χ0) is 15.1. The molecule has 0 aliphatic rings. The highest BCUT2D eigenvalue weighted by atomic mass is 35.5. The molecule has 0 aliphatic carbocycles. The number of ketones is 1. The summed E-state index contributed by atoms with van der Waals surface area (Å²) in [6, 6.07) is 3.60. The maximum atomic E-state index is 13.3. The summed E-state index contributed by atoms with van der Waals surface area (Å²) in [7, 11) is 0. The Morgan fingerprint density at radius 3 is 2.65 bits per heavy atom. The monoisotopic (exact) mass is 298 g/mol. The second-order valence-corrected chi connectivity index (χ2v) is 3.97. The molecular formula is C14H12ClFO4. The van der Waals surface area contributed by atoms with Crippen molar-refractivity contribution in [1.29, 1.82) is 0 Å². The van der Waals surface area contributed by atoms with Crippen LogP contribution in [0.15, 0.2) is 37.1 Å². The van der Waals surface area contributed by atoms with E-state index in [1.807, 2.05) is 0 Å². The van der Waals surface area contributed by atoms with Crippen LogP contribution >= 0.6 is 11.6 Å². The van der Waals surface area contributed by atoms with Gasteiger partial charge in [0.2, 0.25) is 0 Å². The second kappa shape index (κ2) is 7.45. The van der Waals surface area contributed by atoms with Gasteiger partial charge in [0.25, 0.3) is 5.78 Å². The maximum absolute atomic E-state index is 13.3. The molecule has 1 rings (SSSR count). The van der Waals surface area contributed by atoms with Crippen LogP contribution in [0.2, 0.25) is 5.02 Å². The van der Waals surface area contributed by atoms with E-state index in [1.165, 1.54) is 6.07 Å². The van der Waals surface area contributed by atoms with Gasteiger partial charge in [-0.2, -0.15) is 0 Å². The highest BCUT2D eigenvalue weighted by Gasteiger charge is 2.15. The van der Waals surface area contributed by atoms with Gasteiger partial charge in [0.1, 0.15) is 11.6 Å². The van der Waals surface area contributed by atoms with Crippen LogP contribution in [0.3, 0.4) is 0 Å². The van der Waals surface area contributed by atoms with Crippen LogP contribution in [0.4, 0.5) is 4.39 Å². The molecule has 0 saturated heterocycles. The van der Waals surface area contributed by atoms with Crippen molar-refractivity contribution in [1.82, 2.24) is 0 Å². The lowest BCUT2D eigenvalue weighted by molar-refractivity contribution is -0.151. The van der Waals surface area contributed by atoms with Gasteiger partial charge in [-0.25, -0.2) is 9.18 Å². The number of carbonyl (C=O) groups is 2. The number of carbonyl (C=O) groups excluding carboxylic acids is 2. The average molecular weight is 299 g/mol. The van der Waals surface area contributed by atoms with Crippen molar-refractivity contribution in [3.63, 3.8) is 0 Å². The van der Waals surface area contributed by atoms with Crippen molar-refractivity contribution < 1.29 is 23.5 Å². The number of esters is 1. The first-order chi connectivity index (χ1) is 9.47. The van der Waals surface area contributed by atoms with Crippen LogP contribution in [0.5, 0.6) is 0 Å². The fourth-order valence-corrected chi connectivity index (χ4v) is 1.57. The van der Waals surface area contributed by atoms with Gasteiger partial charge in [0.15, 0.2) is 0 Å². The molecule has 0 aliphatic heterocycles. The minimum Gasteiger partial charge on any atom is -0.465 e. The van der Waals surface area contributed by atoms with E-state index in [0.29, 0.717) is 0 Å². The molecule has 0 saturated carbocycles. The molecule has 0 atom stereocenters. The molecule has 0 N–H and O–H groups in total. The smallest absolute Gasteiger partial charge is 0.379 e. The lowest BCUT2D eigenvalue weighted by Crippen LogP contribution is -2.15. The molecule has 0 unspecified atom stereocenters. The summed E-state index contributed by atoms with van der Waals surface area (Å²) < 4.78 is 22.8. The molecule has 0 aromatic heterocycles. The Labute approximate surface area is 120 Å². The zero-order valence-electron chi connectivity index (χ0n) is 10.7. The van der Waals surface area contributed by atoms with Gasteiger partial charge in [-0.15, -0.1) is 0 Å². The molecule has 106 valence electrons. The third-order valence-corrected chi connectivity index (χ3v) is 2.31. The van der Waals surface area contributed by atoms with Gasteiger partial charge in [0, 0.05) is 16.7 Å². The van der Waals surface area contributed by atoms with Crippen molar-refractivity contribution in [2.75, 3.05) is 6.61 Å². The SMILES string of the molecule is C=CO/C(=C\C(=O)C(=O)OCC)c1cc(F)cc(Cl)c1. The van der Waals surface area contributed by atoms with Crippen molar-refractivity contribution in [2.24, 2.45) is 0 Å². The number of rotatable bonds is 6. The predicted molar refractivity (Wildman–Crippen MR) is 72.3 cm³/mol. The van der Waals surface area contributed by atoms with Crippen LogP contribution in [-0.2, 0) is 19.1 Å². The first-order valence-corrected chi connectivity index (χ1v) is 6.02. The van der Waals surface area contributed by atoms with E-state index in [-0.39, 0.29) is 23.0 Å². The lowest BCUT2D eigenvalue weighted by Gasteiger charge is -2.07. The van der Waals surface area contributed by atoms with Crippen LogP contribution in [0, 0.1) is 5.82 Å². The summed E-state index contributed by atoms with van der Waals surface area (Å²) in [5.41, 5.74) is 0.201. The number of ether oxygens (including phenoxy) is 2. The van der Waals surface area contributed by atoms with Crippen molar-refractivity contribution in [2.45, 2.75) is 6.92 Å². The Hall–Kier alpha value is -2.14. The average Bonchev–Trinajstić information content (AvgIpc) is 2.37. The molecule has 1 aromatic rings. The van der Waals surface area contributed by atoms with Gasteiger partial charge in [-0.3, -0.25) is 4.79 Å². The summed E-state index contributed by atoms with van der Waals surface area (Å²) in [5.74, 6) is -2.61. The molecular weight excluding hydrogens is 287 g/mol. The standard InChI is InChI=1S/C14H12ClFO4/c1-3-19-13(8-12(17)14(18)20-4-2)9-5-10(15)7-11(16)6-9/h3,5-8H,1,4H2,2H3/b13-8-. The normalized spacial score (nSPS) is 10.8. The molecule has 0 heterocycles. The van der Waals surface area contributed by atoms with Gasteiger partial charge >= 0.3 is 5.97 Å².